The lowest BCUT2D eigenvalue weighted by Gasteiger charge is -2.13. The van der Waals surface area contributed by atoms with E-state index in [1.54, 1.807) is 0 Å². The number of hydrogen-bond acceptors (Lipinski definition) is 4. The summed E-state index contributed by atoms with van der Waals surface area (Å²) in [6.07, 6.45) is 0.714. The van der Waals surface area contributed by atoms with E-state index in [4.69, 9.17) is 21.1 Å². The number of carbonyl (C=O) groups excluding carboxylic acids is 1. The van der Waals surface area contributed by atoms with Crippen LogP contribution in [0.2, 0.25) is 4.34 Å². The number of nitrogens with zero attached hydrogens (tertiary/aromatic N) is 1. The summed E-state index contributed by atoms with van der Waals surface area (Å²) in [4.78, 5) is 12.7. The first kappa shape index (κ1) is 20.6. The number of halogens is 1. The summed E-state index contributed by atoms with van der Waals surface area (Å²) >= 11 is 7.58. The Bertz CT molecular complexity index is 964. The maximum Gasteiger partial charge on any atom is 0.267 e. The minimum absolute atomic E-state index is 0.0719. The van der Waals surface area contributed by atoms with Crippen molar-refractivity contribution in [3.05, 3.63) is 45.9 Å². The predicted molar refractivity (Wildman–Crippen MR) is 115 cm³/mol. The molecule has 0 spiro atoms. The Morgan fingerprint density at radius 3 is 2.57 bits per heavy atom. The topological polar surface area (TPSA) is 52.5 Å². The van der Waals surface area contributed by atoms with Crippen molar-refractivity contribution >= 4 is 39.1 Å². The molecule has 0 unspecified atom stereocenters. The van der Waals surface area contributed by atoms with Crippen molar-refractivity contribution in [1.29, 1.82) is 0 Å². The highest BCUT2D eigenvalue weighted by Crippen LogP contribution is 2.32. The van der Waals surface area contributed by atoms with E-state index in [0.29, 0.717) is 31.9 Å². The molecule has 150 valence electrons. The molecular weight excluding hydrogens is 396 g/mol. The first-order chi connectivity index (χ1) is 13.6. The van der Waals surface area contributed by atoms with Gasteiger partial charge in [0.25, 0.3) is 5.91 Å². The van der Waals surface area contributed by atoms with E-state index < -0.39 is 0 Å². The fourth-order valence-corrected chi connectivity index (χ4v) is 4.38. The van der Waals surface area contributed by atoms with Gasteiger partial charge in [0.1, 0.15) is 5.69 Å². The molecule has 7 heteroatoms. The van der Waals surface area contributed by atoms with Crippen molar-refractivity contribution < 1.29 is 14.3 Å². The molecule has 0 atom stereocenters. The Kier molecular flexibility index (Phi) is 6.86. The highest BCUT2D eigenvalue weighted by molar-refractivity contribution is 7.22. The molecule has 0 aliphatic heterocycles. The Labute approximate surface area is 174 Å². The van der Waals surface area contributed by atoms with Gasteiger partial charge in [0, 0.05) is 13.1 Å². The summed E-state index contributed by atoms with van der Waals surface area (Å²) < 4.78 is 15.0. The van der Waals surface area contributed by atoms with Crippen LogP contribution in [0.15, 0.2) is 30.3 Å². The van der Waals surface area contributed by atoms with Crippen molar-refractivity contribution in [3.63, 3.8) is 0 Å². The van der Waals surface area contributed by atoms with E-state index in [2.05, 4.69) is 5.32 Å². The summed E-state index contributed by atoms with van der Waals surface area (Å²) in [6, 6.07) is 9.73. The van der Waals surface area contributed by atoms with E-state index in [1.807, 2.05) is 55.7 Å². The molecule has 0 fully saturated rings. The zero-order valence-electron chi connectivity index (χ0n) is 16.4. The number of hydrogen-bond donors (Lipinski definition) is 1. The number of aromatic nitrogens is 1. The predicted octanol–water partition coefficient (Wildman–Crippen LogP) is 5.15. The van der Waals surface area contributed by atoms with Crippen molar-refractivity contribution in [2.75, 3.05) is 19.8 Å². The van der Waals surface area contributed by atoms with Crippen LogP contribution in [0.4, 0.5) is 0 Å². The number of carbonyl (C=O) groups is 1. The number of thiophene rings is 1. The molecule has 0 saturated carbocycles. The molecule has 0 bridgehead atoms. The third kappa shape index (κ3) is 4.45. The second-order valence-electron chi connectivity index (χ2n) is 6.23. The fourth-order valence-electron chi connectivity index (χ4n) is 3.20. The van der Waals surface area contributed by atoms with Crippen LogP contribution in [0.5, 0.6) is 11.5 Å². The van der Waals surface area contributed by atoms with Gasteiger partial charge in [-0.2, -0.15) is 0 Å². The third-order valence-electron chi connectivity index (χ3n) is 4.42. The number of aryl methyl sites for hydroxylation is 1. The van der Waals surface area contributed by atoms with Gasteiger partial charge in [0.2, 0.25) is 0 Å². The fraction of sp³-hybridized carbons (Fsp3) is 0.381. The molecule has 2 heterocycles. The van der Waals surface area contributed by atoms with Gasteiger partial charge in [0.05, 0.1) is 27.8 Å². The Hall–Kier alpha value is -2.18. The van der Waals surface area contributed by atoms with Gasteiger partial charge in [-0.25, -0.2) is 0 Å². The molecule has 0 aliphatic rings. The zero-order chi connectivity index (χ0) is 20.1. The molecule has 5 nitrogen and oxygen atoms in total. The average Bonchev–Trinajstić information content (AvgIpc) is 3.19. The standard InChI is InChI=1S/C21H25ClN2O3S/c1-4-24-15-13-20(22)28-19(15)12-16(24)21(25)23-10-9-14-7-8-17(26-5-2)18(11-14)27-6-3/h7-8,11-13H,4-6,9-10H2,1-3H3,(H,23,25). The average molecular weight is 421 g/mol. The first-order valence-electron chi connectivity index (χ1n) is 9.52. The summed E-state index contributed by atoms with van der Waals surface area (Å²) in [5, 5.41) is 3.02. The van der Waals surface area contributed by atoms with E-state index in [1.165, 1.54) is 11.3 Å². The number of benzene rings is 1. The number of amides is 1. The lowest BCUT2D eigenvalue weighted by molar-refractivity contribution is 0.0945. The van der Waals surface area contributed by atoms with Gasteiger partial charge in [0.15, 0.2) is 11.5 Å². The molecule has 2 aromatic heterocycles. The van der Waals surface area contributed by atoms with Gasteiger partial charge >= 0.3 is 0 Å². The molecule has 0 radical (unpaired) electrons. The van der Waals surface area contributed by atoms with E-state index in [9.17, 15) is 4.79 Å². The van der Waals surface area contributed by atoms with Crippen molar-refractivity contribution in [2.45, 2.75) is 33.7 Å². The highest BCUT2D eigenvalue weighted by Gasteiger charge is 2.16. The minimum Gasteiger partial charge on any atom is -0.490 e. The Balaban J connectivity index is 1.65. The number of fused-ring (bicyclic) bond motifs is 1. The van der Waals surface area contributed by atoms with Gasteiger partial charge in [-0.3, -0.25) is 4.79 Å². The van der Waals surface area contributed by atoms with Crippen LogP contribution >= 0.6 is 22.9 Å². The summed E-state index contributed by atoms with van der Waals surface area (Å²) in [7, 11) is 0. The maximum atomic E-state index is 12.7. The van der Waals surface area contributed by atoms with E-state index in [0.717, 1.165) is 38.2 Å². The zero-order valence-corrected chi connectivity index (χ0v) is 18.0. The van der Waals surface area contributed by atoms with Gasteiger partial charge in [-0.1, -0.05) is 17.7 Å². The van der Waals surface area contributed by atoms with Crippen LogP contribution in [-0.4, -0.2) is 30.2 Å². The second-order valence-corrected chi connectivity index (χ2v) is 7.94. The van der Waals surface area contributed by atoms with Gasteiger partial charge in [-0.15, -0.1) is 11.3 Å². The van der Waals surface area contributed by atoms with Crippen LogP contribution < -0.4 is 14.8 Å². The van der Waals surface area contributed by atoms with Crippen LogP contribution in [0.1, 0.15) is 36.8 Å². The monoisotopic (exact) mass is 420 g/mol. The smallest absolute Gasteiger partial charge is 0.267 e. The number of nitrogens with one attached hydrogen (secondary N) is 1. The van der Waals surface area contributed by atoms with Crippen molar-refractivity contribution in [3.8, 4) is 11.5 Å². The second kappa shape index (κ2) is 9.34. The van der Waals surface area contributed by atoms with Crippen LogP contribution in [-0.2, 0) is 13.0 Å². The lowest BCUT2D eigenvalue weighted by atomic mass is 10.1. The molecule has 3 aromatic rings. The number of rotatable bonds is 9. The summed E-state index contributed by atoms with van der Waals surface area (Å²) in [6.45, 7) is 8.35. The van der Waals surface area contributed by atoms with Crippen LogP contribution in [0.25, 0.3) is 10.2 Å². The third-order valence-corrected chi connectivity index (χ3v) is 5.62. The highest BCUT2D eigenvalue weighted by atomic mass is 35.5. The molecule has 1 N–H and O–H groups in total. The molecule has 1 aromatic carbocycles. The normalized spacial score (nSPS) is 11.0. The van der Waals surface area contributed by atoms with Crippen molar-refractivity contribution in [1.82, 2.24) is 9.88 Å². The molecular formula is C21H25ClN2O3S. The summed E-state index contributed by atoms with van der Waals surface area (Å²) in [5.41, 5.74) is 2.77. The maximum absolute atomic E-state index is 12.7. The molecule has 3 rings (SSSR count). The molecule has 1 amide bonds. The van der Waals surface area contributed by atoms with Crippen LogP contribution in [0.3, 0.4) is 0 Å². The summed E-state index contributed by atoms with van der Waals surface area (Å²) in [5.74, 6) is 1.42. The molecule has 28 heavy (non-hydrogen) atoms. The molecule has 0 aliphatic carbocycles. The molecule has 0 saturated heterocycles. The minimum atomic E-state index is -0.0719. The first-order valence-corrected chi connectivity index (χ1v) is 10.7. The van der Waals surface area contributed by atoms with Gasteiger partial charge < -0.3 is 19.4 Å². The van der Waals surface area contributed by atoms with Crippen molar-refractivity contribution in [2.24, 2.45) is 0 Å². The van der Waals surface area contributed by atoms with E-state index >= 15 is 0 Å². The van der Waals surface area contributed by atoms with Gasteiger partial charge in [-0.05, 0) is 57.0 Å². The quantitative estimate of drug-likeness (QED) is 0.521. The number of ether oxygens (including phenoxy) is 2. The Morgan fingerprint density at radius 2 is 1.86 bits per heavy atom. The lowest BCUT2D eigenvalue weighted by Crippen LogP contribution is -2.27. The van der Waals surface area contributed by atoms with E-state index in [-0.39, 0.29) is 5.91 Å². The largest absolute Gasteiger partial charge is 0.490 e. The Morgan fingerprint density at radius 1 is 1.11 bits per heavy atom. The SMILES string of the molecule is CCOc1ccc(CCNC(=O)c2cc3sc(Cl)cc3n2CC)cc1OCC. The van der Waals surface area contributed by atoms with Crippen LogP contribution in [0, 0.1) is 0 Å².